The van der Waals surface area contributed by atoms with E-state index in [0.717, 1.165) is 5.56 Å². The average Bonchev–Trinajstić information content (AvgIpc) is 2.73. The zero-order valence-corrected chi connectivity index (χ0v) is 15.3. The summed E-state index contributed by atoms with van der Waals surface area (Å²) < 4.78 is 11.2. The summed E-state index contributed by atoms with van der Waals surface area (Å²) in [6.45, 7) is 5.02. The number of hydrogen-bond donors (Lipinski definition) is 0. The van der Waals surface area contributed by atoms with Gasteiger partial charge in [-0.1, -0.05) is 18.2 Å². The molecule has 6 nitrogen and oxygen atoms in total. The predicted octanol–water partition coefficient (Wildman–Crippen LogP) is 2.36. The van der Waals surface area contributed by atoms with Crippen molar-refractivity contribution >= 4 is 11.8 Å². The lowest BCUT2D eigenvalue weighted by Gasteiger charge is -2.35. The van der Waals surface area contributed by atoms with E-state index in [4.69, 9.17) is 9.47 Å². The SMILES string of the molecule is Cc1cc2c(cc1C(=O)N1CCN(C(=O)c3ccccc3)CC1)OCCO2. The molecule has 0 spiro atoms. The van der Waals surface area contributed by atoms with Gasteiger partial charge in [0.2, 0.25) is 0 Å². The van der Waals surface area contributed by atoms with Gasteiger partial charge in [0.1, 0.15) is 13.2 Å². The van der Waals surface area contributed by atoms with E-state index >= 15 is 0 Å². The first-order valence-electron chi connectivity index (χ1n) is 9.17. The van der Waals surface area contributed by atoms with Crippen molar-refractivity contribution in [1.29, 1.82) is 0 Å². The molecule has 2 aromatic carbocycles. The molecule has 27 heavy (non-hydrogen) atoms. The molecule has 0 aromatic heterocycles. The Bertz CT molecular complexity index is 858. The van der Waals surface area contributed by atoms with Gasteiger partial charge in [-0.25, -0.2) is 0 Å². The van der Waals surface area contributed by atoms with Crippen molar-refractivity contribution in [1.82, 2.24) is 9.80 Å². The predicted molar refractivity (Wildman–Crippen MR) is 100 cm³/mol. The molecule has 0 aliphatic carbocycles. The lowest BCUT2D eigenvalue weighted by atomic mass is 10.1. The van der Waals surface area contributed by atoms with Gasteiger partial charge in [-0.3, -0.25) is 9.59 Å². The van der Waals surface area contributed by atoms with E-state index in [0.29, 0.717) is 62.0 Å². The number of benzene rings is 2. The third-order valence-corrected chi connectivity index (χ3v) is 4.99. The first-order valence-corrected chi connectivity index (χ1v) is 9.17. The second kappa shape index (κ2) is 7.31. The van der Waals surface area contributed by atoms with Gasteiger partial charge in [-0.05, 0) is 36.8 Å². The van der Waals surface area contributed by atoms with Gasteiger partial charge < -0.3 is 19.3 Å². The summed E-state index contributed by atoms with van der Waals surface area (Å²) in [4.78, 5) is 29.1. The van der Waals surface area contributed by atoms with Crippen molar-refractivity contribution in [2.45, 2.75) is 6.92 Å². The highest BCUT2D eigenvalue weighted by Gasteiger charge is 2.27. The summed E-state index contributed by atoms with van der Waals surface area (Å²) >= 11 is 0. The number of ether oxygens (including phenoxy) is 2. The van der Waals surface area contributed by atoms with Gasteiger partial charge in [-0.2, -0.15) is 0 Å². The number of rotatable bonds is 2. The van der Waals surface area contributed by atoms with Crippen LogP contribution >= 0.6 is 0 Å². The van der Waals surface area contributed by atoms with Gasteiger partial charge in [0.25, 0.3) is 11.8 Å². The number of piperazine rings is 1. The van der Waals surface area contributed by atoms with E-state index in [1.54, 1.807) is 15.9 Å². The maximum Gasteiger partial charge on any atom is 0.254 e. The molecular formula is C21H22N2O4. The van der Waals surface area contributed by atoms with Crippen LogP contribution in [0.3, 0.4) is 0 Å². The molecule has 0 N–H and O–H groups in total. The number of carbonyl (C=O) groups excluding carboxylic acids is 2. The second-order valence-corrected chi connectivity index (χ2v) is 6.76. The topological polar surface area (TPSA) is 59.1 Å². The first kappa shape index (κ1) is 17.4. The van der Waals surface area contributed by atoms with Crippen LogP contribution < -0.4 is 9.47 Å². The van der Waals surface area contributed by atoms with Crippen molar-refractivity contribution < 1.29 is 19.1 Å². The Morgan fingerprint density at radius 2 is 1.37 bits per heavy atom. The summed E-state index contributed by atoms with van der Waals surface area (Å²) in [6.07, 6.45) is 0. The Morgan fingerprint density at radius 1 is 0.815 bits per heavy atom. The third-order valence-electron chi connectivity index (χ3n) is 4.99. The zero-order chi connectivity index (χ0) is 18.8. The highest BCUT2D eigenvalue weighted by atomic mass is 16.6. The fourth-order valence-corrected chi connectivity index (χ4v) is 3.47. The monoisotopic (exact) mass is 366 g/mol. The van der Waals surface area contributed by atoms with Crippen LogP contribution in [0, 0.1) is 6.92 Å². The van der Waals surface area contributed by atoms with E-state index in [9.17, 15) is 9.59 Å². The van der Waals surface area contributed by atoms with Crippen molar-refractivity contribution in [2.24, 2.45) is 0 Å². The Balaban J connectivity index is 1.44. The fourth-order valence-electron chi connectivity index (χ4n) is 3.47. The van der Waals surface area contributed by atoms with Crippen molar-refractivity contribution in [2.75, 3.05) is 39.4 Å². The summed E-state index contributed by atoms with van der Waals surface area (Å²) in [5.74, 6) is 1.29. The molecule has 140 valence electrons. The van der Waals surface area contributed by atoms with Crippen LogP contribution in [0.4, 0.5) is 0 Å². The summed E-state index contributed by atoms with van der Waals surface area (Å²) in [5.41, 5.74) is 2.18. The number of amides is 2. The number of carbonyl (C=O) groups is 2. The molecule has 1 saturated heterocycles. The molecule has 6 heteroatoms. The largest absolute Gasteiger partial charge is 0.486 e. The zero-order valence-electron chi connectivity index (χ0n) is 15.3. The Labute approximate surface area is 158 Å². The van der Waals surface area contributed by atoms with Crippen molar-refractivity contribution in [3.05, 3.63) is 59.2 Å². The van der Waals surface area contributed by atoms with E-state index in [1.807, 2.05) is 43.3 Å². The van der Waals surface area contributed by atoms with Crippen molar-refractivity contribution in [3.8, 4) is 11.5 Å². The summed E-state index contributed by atoms with van der Waals surface area (Å²) in [5, 5.41) is 0. The van der Waals surface area contributed by atoms with Gasteiger partial charge in [0.05, 0.1) is 0 Å². The van der Waals surface area contributed by atoms with Gasteiger partial charge in [0, 0.05) is 37.3 Å². The first-order chi connectivity index (χ1) is 13.1. The van der Waals surface area contributed by atoms with Crippen LogP contribution in [0.5, 0.6) is 11.5 Å². The third kappa shape index (κ3) is 3.47. The molecule has 2 heterocycles. The number of nitrogens with zero attached hydrogens (tertiary/aromatic N) is 2. The standard InChI is InChI=1S/C21H22N2O4/c1-15-13-18-19(27-12-11-26-18)14-17(15)21(25)23-9-7-22(8-10-23)20(24)16-5-3-2-4-6-16/h2-6,13-14H,7-12H2,1H3. The molecule has 0 saturated carbocycles. The second-order valence-electron chi connectivity index (χ2n) is 6.76. The molecular weight excluding hydrogens is 344 g/mol. The van der Waals surface area contributed by atoms with Crippen molar-refractivity contribution in [3.63, 3.8) is 0 Å². The van der Waals surface area contributed by atoms with Gasteiger partial charge >= 0.3 is 0 Å². The lowest BCUT2D eigenvalue weighted by Crippen LogP contribution is -2.50. The summed E-state index contributed by atoms with van der Waals surface area (Å²) in [6, 6.07) is 12.9. The molecule has 4 rings (SSSR count). The van der Waals surface area contributed by atoms with Crippen LogP contribution in [0.25, 0.3) is 0 Å². The number of fused-ring (bicyclic) bond motifs is 1. The minimum absolute atomic E-state index is 0.0122. The molecule has 2 aliphatic rings. The Morgan fingerprint density at radius 3 is 2.00 bits per heavy atom. The molecule has 2 amide bonds. The molecule has 0 radical (unpaired) electrons. The highest BCUT2D eigenvalue weighted by molar-refractivity contribution is 5.97. The molecule has 0 bridgehead atoms. The fraction of sp³-hybridized carbons (Fsp3) is 0.333. The minimum Gasteiger partial charge on any atom is -0.486 e. The van der Waals surface area contributed by atoms with Crippen LogP contribution in [0.1, 0.15) is 26.3 Å². The molecule has 1 fully saturated rings. The van der Waals surface area contributed by atoms with Gasteiger partial charge in [0.15, 0.2) is 11.5 Å². The van der Waals surface area contributed by atoms with E-state index in [2.05, 4.69) is 0 Å². The van der Waals surface area contributed by atoms with E-state index in [-0.39, 0.29) is 11.8 Å². The quantitative estimate of drug-likeness (QED) is 0.819. The van der Waals surface area contributed by atoms with Crippen LogP contribution in [0.15, 0.2) is 42.5 Å². The molecule has 2 aromatic rings. The Kier molecular flexibility index (Phi) is 4.71. The summed E-state index contributed by atoms with van der Waals surface area (Å²) in [7, 11) is 0. The average molecular weight is 366 g/mol. The van der Waals surface area contributed by atoms with Crippen LogP contribution in [-0.4, -0.2) is 61.0 Å². The lowest BCUT2D eigenvalue weighted by molar-refractivity contribution is 0.0534. The van der Waals surface area contributed by atoms with E-state index in [1.165, 1.54) is 0 Å². The number of hydrogen-bond acceptors (Lipinski definition) is 4. The maximum atomic E-state index is 13.0. The smallest absolute Gasteiger partial charge is 0.254 e. The van der Waals surface area contributed by atoms with E-state index < -0.39 is 0 Å². The molecule has 0 atom stereocenters. The maximum absolute atomic E-state index is 13.0. The molecule has 0 unspecified atom stereocenters. The minimum atomic E-state index is -0.0312. The Hall–Kier alpha value is -3.02. The number of aryl methyl sites for hydroxylation is 1. The normalized spacial score (nSPS) is 16.2. The van der Waals surface area contributed by atoms with Crippen LogP contribution in [-0.2, 0) is 0 Å². The highest BCUT2D eigenvalue weighted by Crippen LogP contribution is 2.33. The molecule has 2 aliphatic heterocycles. The van der Waals surface area contributed by atoms with Gasteiger partial charge in [-0.15, -0.1) is 0 Å². The van der Waals surface area contributed by atoms with Crippen LogP contribution in [0.2, 0.25) is 0 Å².